The van der Waals surface area contributed by atoms with Crippen molar-refractivity contribution in [3.8, 4) is 0 Å². The summed E-state index contributed by atoms with van der Waals surface area (Å²) in [5.74, 6) is 0. The Hall–Kier alpha value is -0.730. The number of aryl methyl sites for hydroxylation is 1. The van der Waals surface area contributed by atoms with E-state index in [2.05, 4.69) is 36.2 Å². The topological polar surface area (TPSA) is 15.3 Å². The van der Waals surface area contributed by atoms with E-state index in [-0.39, 0.29) is 0 Å². The lowest BCUT2D eigenvalue weighted by Gasteiger charge is -2.20. The average Bonchev–Trinajstić information content (AvgIpc) is 2.59. The summed E-state index contributed by atoms with van der Waals surface area (Å²) < 4.78 is 0. The predicted octanol–water partition coefficient (Wildman–Crippen LogP) is 4.32. The van der Waals surface area contributed by atoms with Crippen LogP contribution in [-0.4, -0.2) is 30.6 Å². The molecule has 1 aromatic rings. The van der Waals surface area contributed by atoms with Crippen LogP contribution in [0, 0.1) is 6.92 Å². The van der Waals surface area contributed by atoms with Gasteiger partial charge in [-0.2, -0.15) is 0 Å². The second-order valence-corrected chi connectivity index (χ2v) is 6.00. The summed E-state index contributed by atoms with van der Waals surface area (Å²) in [4.78, 5) is 2.58. The lowest BCUT2D eigenvalue weighted by molar-refractivity contribution is 0.285. The van der Waals surface area contributed by atoms with E-state index in [1.165, 1.54) is 50.9 Å². The van der Waals surface area contributed by atoms with Gasteiger partial charge in [0, 0.05) is 12.6 Å². The Morgan fingerprint density at radius 1 is 1.32 bits per heavy atom. The van der Waals surface area contributed by atoms with Crippen molar-refractivity contribution < 1.29 is 0 Å². The number of hydrogen-bond acceptors (Lipinski definition) is 2. The molecule has 1 heterocycles. The summed E-state index contributed by atoms with van der Waals surface area (Å²) in [6, 6.07) is 6.81. The quantitative estimate of drug-likeness (QED) is 0.883. The molecule has 2 nitrogen and oxygen atoms in total. The number of rotatable bonds is 4. The SMILES string of the molecule is CCCN1CCCC(Nc2ccc(C)cc2Cl)CC1. The predicted molar refractivity (Wildman–Crippen MR) is 84.2 cm³/mol. The lowest BCUT2D eigenvalue weighted by Crippen LogP contribution is -2.27. The second kappa shape index (κ2) is 7.16. The molecule has 1 aliphatic rings. The first-order valence-corrected chi connectivity index (χ1v) is 7.82. The molecule has 1 fully saturated rings. The Morgan fingerprint density at radius 2 is 2.16 bits per heavy atom. The van der Waals surface area contributed by atoms with E-state index in [4.69, 9.17) is 11.6 Å². The van der Waals surface area contributed by atoms with Gasteiger partial charge in [-0.1, -0.05) is 24.6 Å². The van der Waals surface area contributed by atoms with Crippen molar-refractivity contribution in [3.63, 3.8) is 0 Å². The van der Waals surface area contributed by atoms with Crippen LogP contribution in [-0.2, 0) is 0 Å². The molecule has 1 unspecified atom stereocenters. The minimum Gasteiger partial charge on any atom is -0.381 e. The summed E-state index contributed by atoms with van der Waals surface area (Å²) in [6.07, 6.45) is 4.98. The first kappa shape index (κ1) is 14.7. The molecule has 1 saturated heterocycles. The van der Waals surface area contributed by atoms with Gasteiger partial charge in [0.2, 0.25) is 0 Å². The van der Waals surface area contributed by atoms with E-state index >= 15 is 0 Å². The Labute approximate surface area is 122 Å². The number of hydrogen-bond donors (Lipinski definition) is 1. The molecule has 2 rings (SSSR count). The summed E-state index contributed by atoms with van der Waals surface area (Å²) >= 11 is 6.30. The van der Waals surface area contributed by atoms with E-state index in [1.807, 2.05) is 6.07 Å². The largest absolute Gasteiger partial charge is 0.381 e. The molecule has 0 aliphatic carbocycles. The molecule has 0 bridgehead atoms. The van der Waals surface area contributed by atoms with Gasteiger partial charge >= 0.3 is 0 Å². The molecule has 3 heteroatoms. The van der Waals surface area contributed by atoms with Crippen LogP contribution in [0.5, 0.6) is 0 Å². The molecular weight excluding hydrogens is 256 g/mol. The van der Waals surface area contributed by atoms with E-state index < -0.39 is 0 Å². The highest BCUT2D eigenvalue weighted by molar-refractivity contribution is 6.33. The zero-order chi connectivity index (χ0) is 13.7. The Balaban J connectivity index is 1.92. The molecule has 1 aliphatic heterocycles. The van der Waals surface area contributed by atoms with Crippen LogP contribution in [0.15, 0.2) is 18.2 Å². The average molecular weight is 281 g/mol. The van der Waals surface area contributed by atoms with Gasteiger partial charge in [-0.3, -0.25) is 0 Å². The number of nitrogens with zero attached hydrogens (tertiary/aromatic N) is 1. The molecule has 19 heavy (non-hydrogen) atoms. The smallest absolute Gasteiger partial charge is 0.0640 e. The Bertz CT molecular complexity index is 406. The molecule has 0 aromatic heterocycles. The van der Waals surface area contributed by atoms with E-state index in [0.29, 0.717) is 6.04 Å². The number of anilines is 1. The Kier molecular flexibility index (Phi) is 5.53. The zero-order valence-corrected chi connectivity index (χ0v) is 12.8. The van der Waals surface area contributed by atoms with Crippen molar-refractivity contribution in [2.24, 2.45) is 0 Å². The summed E-state index contributed by atoms with van der Waals surface area (Å²) in [5, 5.41) is 4.46. The maximum Gasteiger partial charge on any atom is 0.0640 e. The van der Waals surface area contributed by atoms with Crippen LogP contribution >= 0.6 is 11.6 Å². The highest BCUT2D eigenvalue weighted by Crippen LogP contribution is 2.25. The molecule has 0 spiro atoms. The van der Waals surface area contributed by atoms with Crippen molar-refractivity contribution in [2.75, 3.05) is 25.0 Å². The number of nitrogens with one attached hydrogen (secondary N) is 1. The first-order chi connectivity index (χ1) is 9.19. The third kappa shape index (κ3) is 4.39. The zero-order valence-electron chi connectivity index (χ0n) is 12.1. The van der Waals surface area contributed by atoms with Crippen molar-refractivity contribution in [2.45, 2.75) is 45.6 Å². The van der Waals surface area contributed by atoms with Crippen LogP contribution in [0.25, 0.3) is 0 Å². The van der Waals surface area contributed by atoms with Gasteiger partial charge in [-0.15, -0.1) is 0 Å². The number of likely N-dealkylation sites (tertiary alicyclic amines) is 1. The van der Waals surface area contributed by atoms with Gasteiger partial charge in [-0.25, -0.2) is 0 Å². The van der Waals surface area contributed by atoms with Crippen LogP contribution in [0.4, 0.5) is 5.69 Å². The second-order valence-electron chi connectivity index (χ2n) is 5.60. The summed E-state index contributed by atoms with van der Waals surface area (Å²) in [7, 11) is 0. The first-order valence-electron chi connectivity index (χ1n) is 7.44. The maximum absolute atomic E-state index is 6.30. The van der Waals surface area contributed by atoms with Crippen molar-refractivity contribution in [3.05, 3.63) is 28.8 Å². The minimum atomic E-state index is 0.557. The van der Waals surface area contributed by atoms with Gasteiger partial charge in [0.15, 0.2) is 0 Å². The summed E-state index contributed by atoms with van der Waals surface area (Å²) in [5.41, 5.74) is 2.30. The number of benzene rings is 1. The van der Waals surface area contributed by atoms with Crippen LogP contribution in [0.3, 0.4) is 0 Å². The van der Waals surface area contributed by atoms with Gasteiger partial charge < -0.3 is 10.2 Å². The molecule has 0 radical (unpaired) electrons. The fourth-order valence-electron chi connectivity index (χ4n) is 2.80. The van der Waals surface area contributed by atoms with Crippen molar-refractivity contribution >= 4 is 17.3 Å². The summed E-state index contributed by atoms with van der Waals surface area (Å²) in [6.45, 7) is 8.01. The highest BCUT2D eigenvalue weighted by Gasteiger charge is 2.16. The monoisotopic (exact) mass is 280 g/mol. The lowest BCUT2D eigenvalue weighted by atomic mass is 10.1. The Morgan fingerprint density at radius 3 is 2.89 bits per heavy atom. The van der Waals surface area contributed by atoms with Crippen LogP contribution in [0.1, 0.15) is 38.2 Å². The number of halogens is 1. The van der Waals surface area contributed by atoms with E-state index in [1.54, 1.807) is 0 Å². The molecule has 1 N–H and O–H groups in total. The van der Waals surface area contributed by atoms with Gasteiger partial charge in [0.25, 0.3) is 0 Å². The van der Waals surface area contributed by atoms with Crippen molar-refractivity contribution in [1.29, 1.82) is 0 Å². The standard InChI is InChI=1S/C16H25ClN2/c1-3-9-19-10-4-5-14(8-11-19)18-16-7-6-13(2)12-15(16)17/h6-7,12,14,18H,3-5,8-11H2,1-2H3. The molecule has 1 aromatic carbocycles. The van der Waals surface area contributed by atoms with E-state index in [0.717, 1.165) is 10.7 Å². The maximum atomic E-state index is 6.30. The highest BCUT2D eigenvalue weighted by atomic mass is 35.5. The third-order valence-corrected chi connectivity index (χ3v) is 4.16. The van der Waals surface area contributed by atoms with Gasteiger partial charge in [0.05, 0.1) is 10.7 Å². The fraction of sp³-hybridized carbons (Fsp3) is 0.625. The third-order valence-electron chi connectivity index (χ3n) is 3.84. The molecule has 0 saturated carbocycles. The minimum absolute atomic E-state index is 0.557. The molecule has 106 valence electrons. The van der Waals surface area contributed by atoms with Gasteiger partial charge in [-0.05, 0) is 63.4 Å². The van der Waals surface area contributed by atoms with Gasteiger partial charge in [0.1, 0.15) is 0 Å². The van der Waals surface area contributed by atoms with E-state index in [9.17, 15) is 0 Å². The fourth-order valence-corrected chi connectivity index (χ4v) is 3.09. The molecule has 1 atom stereocenters. The normalized spacial score (nSPS) is 21.1. The molecular formula is C16H25ClN2. The van der Waals surface area contributed by atoms with Crippen molar-refractivity contribution in [1.82, 2.24) is 4.90 Å². The molecule has 0 amide bonds. The van der Waals surface area contributed by atoms with Crippen LogP contribution in [0.2, 0.25) is 5.02 Å². The van der Waals surface area contributed by atoms with Crippen LogP contribution < -0.4 is 5.32 Å².